The third-order valence-corrected chi connectivity index (χ3v) is 4.52. The van der Waals surface area contributed by atoms with E-state index >= 15 is 0 Å². The summed E-state index contributed by atoms with van der Waals surface area (Å²) in [6.07, 6.45) is 2.96. The number of ether oxygens (including phenoxy) is 2. The largest absolute Gasteiger partial charge is 0.497 e. The Balaban J connectivity index is 1.82. The fourth-order valence-electron chi connectivity index (χ4n) is 2.30. The molecule has 0 aliphatic heterocycles. The summed E-state index contributed by atoms with van der Waals surface area (Å²) < 4.78 is 24.0. The molecule has 0 amide bonds. The molecule has 0 bridgehead atoms. The van der Waals surface area contributed by atoms with E-state index < -0.39 is 17.6 Å². The van der Waals surface area contributed by atoms with E-state index in [0.29, 0.717) is 5.75 Å². The van der Waals surface area contributed by atoms with Gasteiger partial charge in [-0.05, 0) is 66.1 Å². The predicted molar refractivity (Wildman–Crippen MR) is 102 cm³/mol. The van der Waals surface area contributed by atoms with E-state index in [0.717, 1.165) is 17.0 Å². The maximum absolute atomic E-state index is 13.6. The van der Waals surface area contributed by atoms with Gasteiger partial charge in [0.25, 0.3) is 0 Å². The second kappa shape index (κ2) is 8.42. The number of halogens is 1. The van der Waals surface area contributed by atoms with Crippen LogP contribution in [0.2, 0.25) is 0 Å². The topological polar surface area (TPSA) is 52.6 Å². The predicted octanol–water partition coefficient (Wildman–Crippen LogP) is 5.01. The molecule has 0 saturated heterocycles. The maximum atomic E-state index is 13.6. The van der Waals surface area contributed by atoms with Gasteiger partial charge in [0.2, 0.25) is 0 Å². The molecular weight excluding hydrogens is 367 g/mol. The highest BCUT2D eigenvalue weighted by molar-refractivity contribution is 7.10. The number of carbonyl (C=O) groups excluding carboxylic acids is 2. The van der Waals surface area contributed by atoms with Crippen molar-refractivity contribution in [1.29, 1.82) is 0 Å². The first kappa shape index (κ1) is 18.5. The molecule has 1 heterocycles. The zero-order valence-corrected chi connectivity index (χ0v) is 15.2. The van der Waals surface area contributed by atoms with Gasteiger partial charge < -0.3 is 9.47 Å². The van der Waals surface area contributed by atoms with Crippen LogP contribution in [-0.2, 0) is 0 Å². The molecule has 1 aromatic heterocycles. The summed E-state index contributed by atoms with van der Waals surface area (Å²) in [4.78, 5) is 25.7. The van der Waals surface area contributed by atoms with Gasteiger partial charge in [-0.25, -0.2) is 9.18 Å². The van der Waals surface area contributed by atoms with Crippen LogP contribution in [0, 0.1) is 5.82 Å². The Morgan fingerprint density at radius 2 is 1.85 bits per heavy atom. The van der Waals surface area contributed by atoms with Crippen LogP contribution in [0.4, 0.5) is 4.39 Å². The van der Waals surface area contributed by atoms with Crippen molar-refractivity contribution in [2.24, 2.45) is 0 Å². The minimum absolute atomic E-state index is 0.00181. The van der Waals surface area contributed by atoms with Crippen molar-refractivity contribution in [2.45, 2.75) is 0 Å². The van der Waals surface area contributed by atoms with Gasteiger partial charge in [0.15, 0.2) is 5.78 Å². The van der Waals surface area contributed by atoms with Crippen LogP contribution in [0.3, 0.4) is 0 Å². The smallest absolute Gasteiger partial charge is 0.343 e. The first-order valence-corrected chi connectivity index (χ1v) is 8.86. The Morgan fingerprint density at radius 3 is 2.52 bits per heavy atom. The van der Waals surface area contributed by atoms with Crippen LogP contribution in [0.1, 0.15) is 25.6 Å². The maximum Gasteiger partial charge on any atom is 0.343 e. The Morgan fingerprint density at radius 1 is 1.07 bits per heavy atom. The monoisotopic (exact) mass is 382 g/mol. The van der Waals surface area contributed by atoms with Crippen molar-refractivity contribution in [3.63, 3.8) is 0 Å². The quantitative estimate of drug-likeness (QED) is 0.260. The van der Waals surface area contributed by atoms with Crippen LogP contribution in [0.25, 0.3) is 6.08 Å². The zero-order valence-electron chi connectivity index (χ0n) is 14.3. The fourth-order valence-corrected chi connectivity index (χ4v) is 2.92. The van der Waals surface area contributed by atoms with Crippen molar-refractivity contribution in [2.75, 3.05) is 7.11 Å². The highest BCUT2D eigenvalue weighted by Crippen LogP contribution is 2.23. The van der Waals surface area contributed by atoms with Crippen LogP contribution >= 0.6 is 11.3 Å². The number of hydrogen-bond acceptors (Lipinski definition) is 5. The van der Waals surface area contributed by atoms with E-state index in [4.69, 9.17) is 9.47 Å². The van der Waals surface area contributed by atoms with E-state index in [1.807, 2.05) is 17.5 Å². The molecule has 2 aromatic carbocycles. The molecule has 0 aliphatic carbocycles. The highest BCUT2D eigenvalue weighted by atomic mass is 32.1. The number of methoxy groups -OCH3 is 1. The van der Waals surface area contributed by atoms with Gasteiger partial charge in [-0.15, -0.1) is 11.3 Å². The van der Waals surface area contributed by atoms with Crippen molar-refractivity contribution >= 4 is 29.2 Å². The summed E-state index contributed by atoms with van der Waals surface area (Å²) in [5.41, 5.74) is 0.261. The number of thiophene rings is 1. The van der Waals surface area contributed by atoms with Crippen LogP contribution in [0.15, 0.2) is 66.1 Å². The number of ketones is 1. The number of esters is 1. The molecule has 136 valence electrons. The van der Waals surface area contributed by atoms with Gasteiger partial charge in [0, 0.05) is 4.88 Å². The molecule has 0 aliphatic rings. The summed E-state index contributed by atoms with van der Waals surface area (Å²) in [5, 5.41) is 1.88. The third kappa shape index (κ3) is 4.68. The summed E-state index contributed by atoms with van der Waals surface area (Å²) in [6.45, 7) is 0. The van der Waals surface area contributed by atoms with Gasteiger partial charge >= 0.3 is 5.97 Å². The molecule has 0 saturated carbocycles. The van der Waals surface area contributed by atoms with Gasteiger partial charge in [-0.1, -0.05) is 6.07 Å². The van der Waals surface area contributed by atoms with E-state index in [1.165, 1.54) is 30.6 Å². The molecule has 3 rings (SSSR count). The third-order valence-electron chi connectivity index (χ3n) is 3.68. The Bertz CT molecular complexity index is 976. The molecular formula is C21H15FO4S. The number of carbonyl (C=O) groups is 2. The lowest BCUT2D eigenvalue weighted by molar-refractivity contribution is 0.0733. The number of rotatable bonds is 6. The molecule has 0 N–H and O–H groups in total. The van der Waals surface area contributed by atoms with Crippen LogP contribution in [0.5, 0.6) is 11.5 Å². The van der Waals surface area contributed by atoms with Gasteiger partial charge in [0.1, 0.15) is 17.3 Å². The molecule has 0 spiro atoms. The number of benzene rings is 2. The van der Waals surface area contributed by atoms with Crippen molar-refractivity contribution in [1.82, 2.24) is 0 Å². The van der Waals surface area contributed by atoms with Crippen LogP contribution in [-0.4, -0.2) is 18.9 Å². The average molecular weight is 382 g/mol. The van der Waals surface area contributed by atoms with Crippen molar-refractivity contribution in [3.8, 4) is 11.5 Å². The lowest BCUT2D eigenvalue weighted by Crippen LogP contribution is -2.11. The Hall–Kier alpha value is -3.25. The second-order valence-electron chi connectivity index (χ2n) is 5.47. The molecule has 3 aromatic rings. The number of allylic oxidation sites excluding steroid dienone is 1. The molecule has 0 fully saturated rings. The highest BCUT2D eigenvalue weighted by Gasteiger charge is 2.16. The van der Waals surface area contributed by atoms with Gasteiger partial charge in [0.05, 0.1) is 18.2 Å². The van der Waals surface area contributed by atoms with Crippen molar-refractivity contribution < 1.29 is 23.5 Å². The molecule has 0 radical (unpaired) electrons. The molecule has 27 heavy (non-hydrogen) atoms. The lowest BCUT2D eigenvalue weighted by Gasteiger charge is -2.09. The van der Waals surface area contributed by atoms with E-state index in [9.17, 15) is 14.0 Å². The van der Waals surface area contributed by atoms with Gasteiger partial charge in [-0.3, -0.25) is 4.79 Å². The standard InChI is InChI=1S/C21H15FO4S/c1-25-16-7-4-14(5-8-16)21(24)26-20-11-6-15(22)13-18(20)19(23)10-9-17-3-2-12-27-17/h2-13H,1H3. The van der Waals surface area contributed by atoms with Crippen LogP contribution < -0.4 is 9.47 Å². The lowest BCUT2D eigenvalue weighted by atomic mass is 10.1. The summed E-state index contributed by atoms with van der Waals surface area (Å²) in [7, 11) is 1.52. The summed E-state index contributed by atoms with van der Waals surface area (Å²) in [6, 6.07) is 13.5. The van der Waals surface area contributed by atoms with E-state index in [2.05, 4.69) is 0 Å². The van der Waals surface area contributed by atoms with Gasteiger partial charge in [-0.2, -0.15) is 0 Å². The molecule has 0 atom stereocenters. The van der Waals surface area contributed by atoms with E-state index in [1.54, 1.807) is 30.3 Å². The number of hydrogen-bond donors (Lipinski definition) is 0. The fraction of sp³-hybridized carbons (Fsp3) is 0.0476. The average Bonchev–Trinajstić information content (AvgIpc) is 3.21. The molecule has 0 unspecified atom stereocenters. The SMILES string of the molecule is COc1ccc(C(=O)Oc2ccc(F)cc2C(=O)C=Cc2cccs2)cc1. The zero-order chi connectivity index (χ0) is 19.2. The minimum atomic E-state index is -0.652. The summed E-state index contributed by atoms with van der Waals surface area (Å²) >= 11 is 1.47. The first-order chi connectivity index (χ1) is 13.1. The van der Waals surface area contributed by atoms with Crippen molar-refractivity contribution in [3.05, 3.63) is 87.9 Å². The Labute approximate surface area is 159 Å². The van der Waals surface area contributed by atoms with E-state index in [-0.39, 0.29) is 16.9 Å². The molecule has 4 nitrogen and oxygen atoms in total. The molecule has 6 heteroatoms. The normalized spacial score (nSPS) is 10.7. The summed E-state index contributed by atoms with van der Waals surface area (Å²) in [5.74, 6) is -1.10. The Kier molecular flexibility index (Phi) is 5.78. The first-order valence-electron chi connectivity index (χ1n) is 7.98. The minimum Gasteiger partial charge on any atom is -0.497 e. The second-order valence-corrected chi connectivity index (χ2v) is 6.45.